The van der Waals surface area contributed by atoms with Crippen molar-refractivity contribution in [1.82, 2.24) is 35.5 Å². The molecule has 3 atom stereocenters. The predicted octanol–water partition coefficient (Wildman–Crippen LogP) is 5.92. The van der Waals surface area contributed by atoms with Crippen molar-refractivity contribution in [1.29, 1.82) is 0 Å². The topological polar surface area (TPSA) is 137 Å². The molecule has 48 heavy (non-hydrogen) atoms. The van der Waals surface area contributed by atoms with E-state index >= 15 is 0 Å². The summed E-state index contributed by atoms with van der Waals surface area (Å²) in [5.74, 6) is 1.13. The van der Waals surface area contributed by atoms with E-state index in [1.54, 1.807) is 11.1 Å². The van der Waals surface area contributed by atoms with Crippen LogP contribution >= 0.6 is 0 Å². The molecule has 2 saturated heterocycles. The highest BCUT2D eigenvalue weighted by Gasteiger charge is 2.36. The van der Waals surface area contributed by atoms with E-state index in [-0.39, 0.29) is 25.1 Å². The molecular weight excluding hydrogens is 627 g/mol. The smallest absolute Gasteiger partial charge is 0.411 e. The molecule has 2 aromatic heterocycles. The Labute approximate surface area is 275 Å². The van der Waals surface area contributed by atoms with Crippen LogP contribution in [0.1, 0.15) is 55.8 Å². The Hall–Kier alpha value is -4.69. The maximum absolute atomic E-state index is 13.5. The van der Waals surface area contributed by atoms with Crippen LogP contribution < -0.4 is 10.6 Å². The number of hydrogen-bond acceptors (Lipinski definition) is 7. The lowest BCUT2D eigenvalue weighted by Crippen LogP contribution is -2.49. The van der Waals surface area contributed by atoms with Crippen LogP contribution in [0.4, 0.5) is 18.0 Å². The Morgan fingerprint density at radius 1 is 0.917 bits per heavy atom. The largest absolute Gasteiger partial charge is 0.453 e. The number of ether oxygens (including phenoxy) is 2. The standard InChI is InChI=1S/C34H38F3N7O4/c1-47-33(46)43-26(14-17-48-20-34(35,36)37)32(45)44-16-3-5-29(44)31-40-19-28(42-31)24-12-8-22(9-13-24)21-6-10-23(11-7-21)27-18-39-30(41-27)25-4-2-15-38-25/h6-13,18-19,25-26,29,38H,2-5,14-17,20H2,1H3,(H,39,41)(H,40,42)(H,43,46). The number of carbonyl (C=O) groups excluding carboxylic acids is 2. The third-order valence-corrected chi connectivity index (χ3v) is 8.75. The number of imidazole rings is 2. The van der Waals surface area contributed by atoms with E-state index in [1.165, 1.54) is 0 Å². The second kappa shape index (κ2) is 14.6. The number of H-pyrrole nitrogens is 2. The van der Waals surface area contributed by atoms with Crippen molar-refractivity contribution in [3.63, 3.8) is 0 Å². The van der Waals surface area contributed by atoms with Gasteiger partial charge in [0.15, 0.2) is 0 Å². The summed E-state index contributed by atoms with van der Waals surface area (Å²) >= 11 is 0. The second-order valence-electron chi connectivity index (χ2n) is 12.0. The number of alkyl carbamates (subject to hydrolysis) is 1. The molecule has 11 nitrogen and oxygen atoms in total. The zero-order valence-electron chi connectivity index (χ0n) is 26.5. The van der Waals surface area contributed by atoms with E-state index in [2.05, 4.69) is 64.3 Å². The molecule has 4 N–H and O–H groups in total. The highest BCUT2D eigenvalue weighted by atomic mass is 19.4. The van der Waals surface area contributed by atoms with E-state index < -0.39 is 30.8 Å². The zero-order chi connectivity index (χ0) is 33.7. The maximum atomic E-state index is 13.5. The van der Waals surface area contributed by atoms with Gasteiger partial charge in [0.05, 0.1) is 43.0 Å². The van der Waals surface area contributed by atoms with Crippen molar-refractivity contribution in [2.45, 2.75) is 56.4 Å². The SMILES string of the molecule is COC(=O)NC(CCOCC(F)(F)F)C(=O)N1CCCC1c1ncc(-c2ccc(-c3ccc(-c4cnc(C5CCCN5)[nH]4)cc3)cc2)[nH]1. The van der Waals surface area contributed by atoms with Gasteiger partial charge in [0.2, 0.25) is 5.91 Å². The molecule has 2 aliphatic rings. The second-order valence-corrected chi connectivity index (χ2v) is 12.0. The monoisotopic (exact) mass is 665 g/mol. The summed E-state index contributed by atoms with van der Waals surface area (Å²) in [5, 5.41) is 5.90. The molecule has 14 heteroatoms. The lowest BCUT2D eigenvalue weighted by molar-refractivity contribution is -0.174. The molecule has 2 fully saturated rings. The first-order chi connectivity index (χ1) is 23.2. The first-order valence-electron chi connectivity index (χ1n) is 16.0. The van der Waals surface area contributed by atoms with Gasteiger partial charge in [-0.3, -0.25) is 4.79 Å². The average molecular weight is 666 g/mol. The van der Waals surface area contributed by atoms with E-state index in [0.717, 1.165) is 66.0 Å². The number of halogens is 3. The predicted molar refractivity (Wildman–Crippen MR) is 172 cm³/mol. The van der Waals surface area contributed by atoms with E-state index in [4.69, 9.17) is 0 Å². The Bertz CT molecular complexity index is 1680. The third-order valence-electron chi connectivity index (χ3n) is 8.75. The van der Waals surface area contributed by atoms with E-state index in [9.17, 15) is 22.8 Å². The number of likely N-dealkylation sites (tertiary alicyclic amines) is 1. The fourth-order valence-electron chi connectivity index (χ4n) is 6.28. The molecule has 0 radical (unpaired) electrons. The van der Waals surface area contributed by atoms with Gasteiger partial charge in [-0.15, -0.1) is 0 Å². The first kappa shape index (κ1) is 33.2. The minimum absolute atomic E-state index is 0.145. The van der Waals surface area contributed by atoms with Crippen molar-refractivity contribution in [3.05, 3.63) is 72.6 Å². The van der Waals surface area contributed by atoms with Gasteiger partial charge in [-0.2, -0.15) is 13.2 Å². The van der Waals surface area contributed by atoms with Gasteiger partial charge < -0.3 is 35.0 Å². The van der Waals surface area contributed by atoms with Crippen LogP contribution in [0.3, 0.4) is 0 Å². The number of nitrogens with zero attached hydrogens (tertiary/aromatic N) is 3. The number of amides is 2. The molecule has 0 saturated carbocycles. The summed E-state index contributed by atoms with van der Waals surface area (Å²) in [6, 6.07) is 15.2. The van der Waals surface area contributed by atoms with Crippen molar-refractivity contribution in [2.75, 3.05) is 33.4 Å². The quantitative estimate of drug-likeness (QED) is 0.146. The number of methoxy groups -OCH3 is 1. The van der Waals surface area contributed by atoms with Crippen molar-refractivity contribution in [2.24, 2.45) is 0 Å². The molecule has 2 aromatic carbocycles. The molecule has 2 aliphatic heterocycles. The van der Waals surface area contributed by atoms with Gasteiger partial charge in [0.25, 0.3) is 0 Å². The molecule has 254 valence electrons. The molecule has 0 bridgehead atoms. The van der Waals surface area contributed by atoms with E-state index in [1.807, 2.05) is 30.5 Å². The number of alkyl halides is 3. The number of benzene rings is 2. The fourth-order valence-corrected chi connectivity index (χ4v) is 6.28. The lowest BCUT2D eigenvalue weighted by Gasteiger charge is -2.28. The van der Waals surface area contributed by atoms with Gasteiger partial charge in [-0.1, -0.05) is 48.5 Å². The van der Waals surface area contributed by atoms with Gasteiger partial charge in [0.1, 0.15) is 24.3 Å². The van der Waals surface area contributed by atoms with Gasteiger partial charge >= 0.3 is 12.3 Å². The fraction of sp³-hybridized carbons (Fsp3) is 0.412. The number of rotatable bonds is 11. The van der Waals surface area contributed by atoms with Crippen LogP contribution in [0.2, 0.25) is 0 Å². The number of nitrogens with one attached hydrogen (secondary N) is 4. The summed E-state index contributed by atoms with van der Waals surface area (Å²) in [6.45, 7) is -0.375. The Morgan fingerprint density at radius 3 is 2.10 bits per heavy atom. The normalized spacial score (nSPS) is 18.6. The summed E-state index contributed by atoms with van der Waals surface area (Å²) in [7, 11) is 1.15. The molecular formula is C34H38F3N7O4. The molecule has 0 aliphatic carbocycles. The Kier molecular flexibility index (Phi) is 10.1. The van der Waals surface area contributed by atoms with Crippen LogP contribution in [-0.4, -0.2) is 82.5 Å². The molecule has 4 heterocycles. The molecule has 3 unspecified atom stereocenters. The van der Waals surface area contributed by atoms with Gasteiger partial charge in [0, 0.05) is 19.6 Å². The lowest BCUT2D eigenvalue weighted by atomic mass is 10.0. The number of aromatic nitrogens is 4. The molecule has 2 amide bonds. The summed E-state index contributed by atoms with van der Waals surface area (Å²) in [6.07, 6.45) is 1.70. The number of hydrogen-bond donors (Lipinski definition) is 4. The summed E-state index contributed by atoms with van der Waals surface area (Å²) in [4.78, 5) is 43.0. The van der Waals surface area contributed by atoms with Crippen LogP contribution in [0.15, 0.2) is 60.9 Å². The van der Waals surface area contributed by atoms with Gasteiger partial charge in [-0.05, 0) is 54.5 Å². The van der Waals surface area contributed by atoms with Crippen molar-refractivity contribution >= 4 is 12.0 Å². The van der Waals surface area contributed by atoms with Crippen LogP contribution in [0, 0.1) is 0 Å². The van der Waals surface area contributed by atoms with E-state index in [0.29, 0.717) is 25.2 Å². The third kappa shape index (κ3) is 7.88. The summed E-state index contributed by atoms with van der Waals surface area (Å²) in [5.41, 5.74) is 5.89. The Balaban J connectivity index is 1.10. The average Bonchev–Trinajstić information content (AvgIpc) is 3.92. The molecule has 0 spiro atoms. The van der Waals surface area contributed by atoms with Crippen molar-refractivity contribution in [3.8, 4) is 33.6 Å². The molecule has 6 rings (SSSR count). The molecule has 4 aromatic rings. The first-order valence-corrected chi connectivity index (χ1v) is 16.0. The minimum atomic E-state index is -4.49. The number of aromatic amines is 2. The minimum Gasteiger partial charge on any atom is -0.453 e. The highest BCUT2D eigenvalue weighted by molar-refractivity contribution is 5.86. The van der Waals surface area contributed by atoms with Gasteiger partial charge in [-0.25, -0.2) is 14.8 Å². The van der Waals surface area contributed by atoms with Crippen molar-refractivity contribution < 1.29 is 32.2 Å². The number of carbonyl (C=O) groups is 2. The summed E-state index contributed by atoms with van der Waals surface area (Å²) < 4.78 is 46.8. The maximum Gasteiger partial charge on any atom is 0.411 e. The highest BCUT2D eigenvalue weighted by Crippen LogP contribution is 2.33. The van der Waals surface area contributed by atoms with Crippen LogP contribution in [0.25, 0.3) is 33.6 Å². The van der Waals surface area contributed by atoms with Crippen LogP contribution in [-0.2, 0) is 14.3 Å². The zero-order valence-corrected chi connectivity index (χ0v) is 26.5. The van der Waals surface area contributed by atoms with Crippen LogP contribution in [0.5, 0.6) is 0 Å². The Morgan fingerprint density at radius 2 is 1.52 bits per heavy atom.